The molecule has 0 aromatic heterocycles. The molecule has 1 atom stereocenters. The van der Waals surface area contributed by atoms with Gasteiger partial charge in [-0.2, -0.15) is 0 Å². The molecule has 1 aromatic rings. The van der Waals surface area contributed by atoms with E-state index in [1.54, 1.807) is 12.1 Å². The van der Waals surface area contributed by atoms with Crippen molar-refractivity contribution in [3.63, 3.8) is 0 Å². The smallest absolute Gasteiger partial charge is 0.0971 e. The highest BCUT2D eigenvalue weighted by Crippen LogP contribution is 2.17. The van der Waals surface area contributed by atoms with Crippen LogP contribution in [0, 0.1) is 0 Å². The number of aliphatic hydroxyl groups is 1. The van der Waals surface area contributed by atoms with Crippen molar-refractivity contribution in [3.05, 3.63) is 47.0 Å². The second kappa shape index (κ2) is 8.32. The summed E-state index contributed by atoms with van der Waals surface area (Å²) in [5.74, 6) is 0. The van der Waals surface area contributed by atoms with Gasteiger partial charge < -0.3 is 5.11 Å². The number of allylic oxidation sites excluding steroid dienone is 1. The molecule has 17 heavy (non-hydrogen) atoms. The van der Waals surface area contributed by atoms with Crippen LogP contribution in [0.3, 0.4) is 0 Å². The first-order chi connectivity index (χ1) is 8.24. The highest BCUT2D eigenvalue weighted by Gasteiger charge is 2.01. The highest BCUT2D eigenvalue weighted by molar-refractivity contribution is 6.30. The van der Waals surface area contributed by atoms with E-state index in [4.69, 9.17) is 11.6 Å². The van der Waals surface area contributed by atoms with Crippen LogP contribution in [0.25, 0.3) is 0 Å². The zero-order valence-corrected chi connectivity index (χ0v) is 11.2. The lowest BCUT2D eigenvalue weighted by Gasteiger charge is -2.05. The van der Waals surface area contributed by atoms with Crippen molar-refractivity contribution in [2.24, 2.45) is 0 Å². The minimum atomic E-state index is -0.515. The number of aliphatic hydroxyl groups excluding tert-OH is 1. The fourth-order valence-corrected chi connectivity index (χ4v) is 1.81. The van der Waals surface area contributed by atoms with E-state index in [9.17, 15) is 5.11 Å². The molecule has 0 aliphatic carbocycles. The zero-order valence-electron chi connectivity index (χ0n) is 10.4. The van der Waals surface area contributed by atoms with Crippen LogP contribution in [0.4, 0.5) is 0 Å². The van der Waals surface area contributed by atoms with Crippen molar-refractivity contribution in [2.45, 2.75) is 45.1 Å². The molecular weight excluding hydrogens is 232 g/mol. The van der Waals surface area contributed by atoms with Crippen molar-refractivity contribution < 1.29 is 5.11 Å². The predicted molar refractivity (Wildman–Crippen MR) is 74.3 cm³/mol. The molecule has 1 N–H and O–H groups in total. The van der Waals surface area contributed by atoms with Gasteiger partial charge >= 0.3 is 0 Å². The maximum atomic E-state index is 9.88. The molecule has 0 aliphatic heterocycles. The first kappa shape index (κ1) is 14.3. The molecule has 0 bridgehead atoms. The molecule has 2 heteroatoms. The minimum Gasteiger partial charge on any atom is -0.384 e. The number of hydrogen-bond donors (Lipinski definition) is 1. The number of hydrogen-bond acceptors (Lipinski definition) is 1. The minimum absolute atomic E-state index is 0.515. The van der Waals surface area contributed by atoms with Gasteiger partial charge in [-0.25, -0.2) is 0 Å². The third-order valence-electron chi connectivity index (χ3n) is 2.75. The fourth-order valence-electron chi connectivity index (χ4n) is 1.69. The summed E-state index contributed by atoms with van der Waals surface area (Å²) in [6.45, 7) is 2.21. The Morgan fingerprint density at radius 3 is 2.53 bits per heavy atom. The van der Waals surface area contributed by atoms with Crippen LogP contribution in [-0.2, 0) is 0 Å². The van der Waals surface area contributed by atoms with Gasteiger partial charge in [-0.1, -0.05) is 62.1 Å². The number of unbranched alkanes of at least 4 members (excludes halogenated alkanes) is 4. The van der Waals surface area contributed by atoms with Gasteiger partial charge in [-0.05, 0) is 30.5 Å². The maximum Gasteiger partial charge on any atom is 0.0971 e. The summed E-state index contributed by atoms with van der Waals surface area (Å²) >= 11 is 5.79. The zero-order chi connectivity index (χ0) is 12.5. The molecule has 0 saturated carbocycles. The topological polar surface area (TPSA) is 20.2 Å². The Morgan fingerprint density at radius 1 is 1.18 bits per heavy atom. The van der Waals surface area contributed by atoms with E-state index in [1.807, 2.05) is 18.2 Å². The number of halogens is 1. The first-order valence-corrected chi connectivity index (χ1v) is 6.72. The third-order valence-corrected chi connectivity index (χ3v) is 3.01. The van der Waals surface area contributed by atoms with Gasteiger partial charge in [0.05, 0.1) is 6.10 Å². The largest absolute Gasteiger partial charge is 0.384 e. The van der Waals surface area contributed by atoms with Gasteiger partial charge in [0.25, 0.3) is 0 Å². The van der Waals surface area contributed by atoms with Crippen molar-refractivity contribution in [2.75, 3.05) is 0 Å². The van der Waals surface area contributed by atoms with Crippen LogP contribution in [0.5, 0.6) is 0 Å². The molecule has 1 nitrogen and oxygen atoms in total. The summed E-state index contributed by atoms with van der Waals surface area (Å²) in [4.78, 5) is 0. The average Bonchev–Trinajstić information content (AvgIpc) is 2.34. The normalized spacial score (nSPS) is 13.1. The van der Waals surface area contributed by atoms with Crippen molar-refractivity contribution in [1.82, 2.24) is 0 Å². The molecule has 0 radical (unpaired) electrons. The number of benzene rings is 1. The Kier molecular flexibility index (Phi) is 6.99. The fraction of sp³-hybridized carbons (Fsp3) is 0.467. The van der Waals surface area contributed by atoms with Crippen LogP contribution >= 0.6 is 11.6 Å². The van der Waals surface area contributed by atoms with Crippen LogP contribution in [0.1, 0.15) is 50.7 Å². The van der Waals surface area contributed by atoms with E-state index in [0.29, 0.717) is 5.02 Å². The molecule has 0 unspecified atom stereocenters. The van der Waals surface area contributed by atoms with Crippen LogP contribution < -0.4 is 0 Å². The van der Waals surface area contributed by atoms with Crippen molar-refractivity contribution in [3.8, 4) is 0 Å². The molecule has 0 saturated heterocycles. The van der Waals surface area contributed by atoms with Gasteiger partial charge in [0, 0.05) is 5.02 Å². The third kappa shape index (κ3) is 5.90. The Hall–Kier alpha value is -0.790. The molecule has 0 fully saturated rings. The average molecular weight is 253 g/mol. The second-order valence-corrected chi connectivity index (χ2v) is 4.71. The molecule has 94 valence electrons. The predicted octanol–water partition coefficient (Wildman–Crippen LogP) is 4.90. The Labute approximate surface area is 109 Å². The highest BCUT2D eigenvalue weighted by atomic mass is 35.5. The lowest BCUT2D eigenvalue weighted by atomic mass is 10.1. The SMILES string of the molecule is CCCCCC/C=C/[C@@H](O)c1ccc(Cl)cc1. The van der Waals surface area contributed by atoms with Crippen molar-refractivity contribution in [1.29, 1.82) is 0 Å². The lowest BCUT2D eigenvalue weighted by Crippen LogP contribution is -1.92. The Balaban J connectivity index is 2.30. The molecule has 0 aliphatic rings. The molecule has 1 aromatic carbocycles. The van der Waals surface area contributed by atoms with Gasteiger partial charge in [-0.15, -0.1) is 0 Å². The Bertz CT molecular complexity index is 329. The van der Waals surface area contributed by atoms with E-state index < -0.39 is 6.10 Å². The molecule has 0 heterocycles. The van der Waals surface area contributed by atoms with Crippen LogP contribution in [0.2, 0.25) is 5.02 Å². The number of rotatable bonds is 7. The van der Waals surface area contributed by atoms with Gasteiger partial charge in [0.1, 0.15) is 0 Å². The molecule has 0 spiro atoms. The van der Waals surface area contributed by atoms with Crippen LogP contribution in [0.15, 0.2) is 36.4 Å². The summed E-state index contributed by atoms with van der Waals surface area (Å²) in [5, 5.41) is 10.6. The maximum absolute atomic E-state index is 9.88. The summed E-state index contributed by atoms with van der Waals surface area (Å²) in [6.07, 6.45) is 9.49. The Morgan fingerprint density at radius 2 is 1.88 bits per heavy atom. The van der Waals surface area contributed by atoms with E-state index in [2.05, 4.69) is 13.0 Å². The molecule has 0 amide bonds. The van der Waals surface area contributed by atoms with Crippen molar-refractivity contribution >= 4 is 11.6 Å². The van der Waals surface area contributed by atoms with Gasteiger partial charge in [-0.3, -0.25) is 0 Å². The van der Waals surface area contributed by atoms with E-state index in [-0.39, 0.29) is 0 Å². The summed E-state index contributed by atoms with van der Waals surface area (Å²) in [5.41, 5.74) is 0.888. The van der Waals surface area contributed by atoms with Crippen LogP contribution in [-0.4, -0.2) is 5.11 Å². The summed E-state index contributed by atoms with van der Waals surface area (Å²) < 4.78 is 0. The molecule has 1 rings (SSSR count). The van der Waals surface area contributed by atoms with Gasteiger partial charge in [0.2, 0.25) is 0 Å². The second-order valence-electron chi connectivity index (χ2n) is 4.27. The standard InChI is InChI=1S/C15H21ClO/c1-2-3-4-5-6-7-8-15(17)13-9-11-14(16)12-10-13/h7-12,15,17H,2-6H2,1H3/b8-7+/t15-/m1/s1. The van der Waals surface area contributed by atoms with E-state index >= 15 is 0 Å². The van der Waals surface area contributed by atoms with Gasteiger partial charge in [0.15, 0.2) is 0 Å². The first-order valence-electron chi connectivity index (χ1n) is 6.34. The summed E-state index contributed by atoms with van der Waals surface area (Å²) in [6, 6.07) is 7.31. The lowest BCUT2D eigenvalue weighted by molar-refractivity contribution is 0.228. The van der Waals surface area contributed by atoms with E-state index in [1.165, 1.54) is 25.7 Å². The van der Waals surface area contributed by atoms with E-state index in [0.717, 1.165) is 12.0 Å². The summed E-state index contributed by atoms with van der Waals surface area (Å²) in [7, 11) is 0. The molecular formula is C15H21ClO. The quantitative estimate of drug-likeness (QED) is 0.541. The monoisotopic (exact) mass is 252 g/mol.